The minimum Gasteiger partial charge on any atom is -0.548 e. The molecular formula is C16H22KN3O4. The molecule has 0 aromatic carbocycles. The normalized spacial score (nSPS) is 16.9. The number of nitrogens with zero attached hydrogens (tertiary/aromatic N) is 3. The third-order valence-corrected chi connectivity index (χ3v) is 3.52. The second kappa shape index (κ2) is 9.26. The van der Waals surface area contributed by atoms with Gasteiger partial charge in [-0.15, -0.1) is 0 Å². The fraction of sp³-hybridized carbons (Fsp3) is 0.562. The van der Waals surface area contributed by atoms with E-state index in [4.69, 9.17) is 4.74 Å². The smallest absolute Gasteiger partial charge is 0.548 e. The van der Waals surface area contributed by atoms with Crippen molar-refractivity contribution >= 4 is 12.1 Å². The molecule has 2 heterocycles. The van der Waals surface area contributed by atoms with Gasteiger partial charge in [-0.05, 0) is 32.9 Å². The minimum atomic E-state index is -1.19. The average molecular weight is 359 g/mol. The number of ether oxygens (including phenoxy) is 1. The number of carboxylic acid groups (broad SMARTS) is 1. The van der Waals surface area contributed by atoms with Crippen molar-refractivity contribution in [3.8, 4) is 0 Å². The van der Waals surface area contributed by atoms with Crippen molar-refractivity contribution in [1.29, 1.82) is 0 Å². The summed E-state index contributed by atoms with van der Waals surface area (Å²) in [6.07, 6.45) is 1.18. The molecule has 0 spiro atoms. The zero-order valence-electron chi connectivity index (χ0n) is 14.7. The van der Waals surface area contributed by atoms with Crippen molar-refractivity contribution in [2.45, 2.75) is 32.4 Å². The van der Waals surface area contributed by atoms with Crippen molar-refractivity contribution in [2.75, 3.05) is 26.2 Å². The summed E-state index contributed by atoms with van der Waals surface area (Å²) in [5.41, 5.74) is -0.103. The number of hydrogen-bond acceptors (Lipinski definition) is 6. The summed E-state index contributed by atoms with van der Waals surface area (Å²) in [5.74, 6) is -1.19. The SMILES string of the molecule is CC(C)(C)OC(=O)N1CCN(C(C(=O)[O-])c2ccccn2)CC1.[K+]. The van der Waals surface area contributed by atoms with E-state index in [1.54, 1.807) is 34.2 Å². The van der Waals surface area contributed by atoms with E-state index in [-0.39, 0.29) is 57.5 Å². The molecule has 0 bridgehead atoms. The molecule has 7 nitrogen and oxygen atoms in total. The summed E-state index contributed by atoms with van der Waals surface area (Å²) >= 11 is 0. The molecule has 1 saturated heterocycles. The number of aromatic nitrogens is 1. The van der Waals surface area contributed by atoms with E-state index in [9.17, 15) is 14.7 Å². The second-order valence-electron chi connectivity index (χ2n) is 6.48. The van der Waals surface area contributed by atoms with Gasteiger partial charge in [0, 0.05) is 32.4 Å². The largest absolute Gasteiger partial charge is 1.00 e. The van der Waals surface area contributed by atoms with Gasteiger partial charge in [0.1, 0.15) is 5.60 Å². The van der Waals surface area contributed by atoms with Gasteiger partial charge in [-0.1, -0.05) is 6.07 Å². The van der Waals surface area contributed by atoms with Gasteiger partial charge >= 0.3 is 57.5 Å². The molecule has 0 aliphatic carbocycles. The molecule has 0 N–H and O–H groups in total. The third kappa shape index (κ3) is 6.09. The number of pyridine rings is 1. The van der Waals surface area contributed by atoms with Gasteiger partial charge < -0.3 is 19.5 Å². The summed E-state index contributed by atoms with van der Waals surface area (Å²) in [6.45, 7) is 7.11. The summed E-state index contributed by atoms with van der Waals surface area (Å²) in [7, 11) is 0. The van der Waals surface area contributed by atoms with E-state index >= 15 is 0 Å². The van der Waals surface area contributed by atoms with E-state index in [1.807, 2.05) is 20.8 Å². The van der Waals surface area contributed by atoms with Crippen LogP contribution < -0.4 is 56.5 Å². The number of carbonyl (C=O) groups excluding carboxylic acids is 2. The first kappa shape index (κ1) is 21.5. The Hall–Kier alpha value is -0.514. The number of amides is 1. The zero-order valence-corrected chi connectivity index (χ0v) is 17.8. The van der Waals surface area contributed by atoms with Crippen LogP contribution in [0.5, 0.6) is 0 Å². The van der Waals surface area contributed by atoms with Crippen LogP contribution in [0.1, 0.15) is 32.5 Å². The van der Waals surface area contributed by atoms with Crippen LogP contribution in [0.2, 0.25) is 0 Å². The molecule has 1 amide bonds. The van der Waals surface area contributed by atoms with Crippen LogP contribution in [0.4, 0.5) is 4.79 Å². The maximum absolute atomic E-state index is 12.0. The van der Waals surface area contributed by atoms with Crippen LogP contribution in [0.3, 0.4) is 0 Å². The second-order valence-corrected chi connectivity index (χ2v) is 6.48. The summed E-state index contributed by atoms with van der Waals surface area (Å²) in [6, 6.07) is 4.24. The van der Waals surface area contributed by atoms with Gasteiger partial charge in [-0.2, -0.15) is 0 Å². The van der Waals surface area contributed by atoms with E-state index in [2.05, 4.69) is 4.98 Å². The van der Waals surface area contributed by atoms with Crippen LogP contribution in [-0.4, -0.2) is 58.6 Å². The maximum Gasteiger partial charge on any atom is 1.00 e. The molecule has 24 heavy (non-hydrogen) atoms. The first-order chi connectivity index (χ1) is 10.8. The fourth-order valence-corrected chi connectivity index (χ4v) is 2.48. The standard InChI is InChI=1S/C16H23N3O4.K/c1-16(2,3)23-15(22)19-10-8-18(9-11-19)13(14(20)21)12-6-4-5-7-17-12;/h4-7,13H,8-11H2,1-3H3,(H,20,21);/q;+1/p-1. The number of hydrogen-bond donors (Lipinski definition) is 0. The Labute approximate surface area is 184 Å². The molecule has 1 aromatic heterocycles. The maximum atomic E-state index is 12.0. The van der Waals surface area contributed by atoms with Crippen LogP contribution >= 0.6 is 0 Å². The monoisotopic (exact) mass is 359 g/mol. The number of rotatable bonds is 3. The van der Waals surface area contributed by atoms with Crippen molar-refractivity contribution in [3.63, 3.8) is 0 Å². The number of carboxylic acids is 1. The first-order valence-corrected chi connectivity index (χ1v) is 7.62. The van der Waals surface area contributed by atoms with Gasteiger partial charge in [0.15, 0.2) is 0 Å². The molecular weight excluding hydrogens is 337 g/mol. The van der Waals surface area contributed by atoms with E-state index in [0.29, 0.717) is 31.9 Å². The van der Waals surface area contributed by atoms with E-state index < -0.39 is 17.6 Å². The Morgan fingerprint density at radius 3 is 2.29 bits per heavy atom. The molecule has 0 saturated carbocycles. The van der Waals surface area contributed by atoms with Crippen LogP contribution in [0.15, 0.2) is 24.4 Å². The Kier molecular flexibility index (Phi) is 8.30. The minimum absolute atomic E-state index is 0. The Bertz CT molecular complexity index is 554. The first-order valence-electron chi connectivity index (χ1n) is 7.62. The molecule has 1 aromatic rings. The topological polar surface area (TPSA) is 85.8 Å². The van der Waals surface area contributed by atoms with Gasteiger partial charge in [0.25, 0.3) is 0 Å². The van der Waals surface area contributed by atoms with Gasteiger partial charge in [0.05, 0.1) is 17.7 Å². The van der Waals surface area contributed by atoms with Crippen molar-refractivity contribution in [1.82, 2.24) is 14.8 Å². The van der Waals surface area contributed by atoms with Crippen molar-refractivity contribution in [2.24, 2.45) is 0 Å². The molecule has 126 valence electrons. The Balaban J connectivity index is 0.00000288. The molecule has 1 aliphatic rings. The average Bonchev–Trinajstić information content (AvgIpc) is 2.47. The fourth-order valence-electron chi connectivity index (χ4n) is 2.48. The van der Waals surface area contributed by atoms with Crippen molar-refractivity contribution in [3.05, 3.63) is 30.1 Å². The van der Waals surface area contributed by atoms with E-state index in [0.717, 1.165) is 0 Å². The predicted octanol–water partition coefficient (Wildman–Crippen LogP) is -2.57. The number of carbonyl (C=O) groups is 2. The van der Waals surface area contributed by atoms with Gasteiger partial charge in [-0.25, -0.2) is 4.79 Å². The van der Waals surface area contributed by atoms with Crippen molar-refractivity contribution < 1.29 is 70.8 Å². The van der Waals surface area contributed by atoms with Gasteiger partial charge in [0.2, 0.25) is 0 Å². The Morgan fingerprint density at radius 1 is 1.21 bits per heavy atom. The molecule has 0 radical (unpaired) electrons. The summed E-state index contributed by atoms with van der Waals surface area (Å²) in [5, 5.41) is 11.5. The molecule has 1 unspecified atom stereocenters. The number of aliphatic carboxylic acids is 1. The molecule has 2 rings (SSSR count). The molecule has 1 aliphatic heterocycles. The Morgan fingerprint density at radius 2 is 1.83 bits per heavy atom. The molecule has 1 fully saturated rings. The predicted molar refractivity (Wildman–Crippen MR) is 81.4 cm³/mol. The van der Waals surface area contributed by atoms with Crippen LogP contribution in [0.25, 0.3) is 0 Å². The number of piperazine rings is 1. The van der Waals surface area contributed by atoms with E-state index in [1.165, 1.54) is 0 Å². The van der Waals surface area contributed by atoms with Gasteiger partial charge in [-0.3, -0.25) is 9.88 Å². The zero-order chi connectivity index (χ0) is 17.0. The van der Waals surface area contributed by atoms with Crippen LogP contribution in [0, 0.1) is 0 Å². The summed E-state index contributed by atoms with van der Waals surface area (Å²) in [4.78, 5) is 31.0. The molecule has 1 atom stereocenters. The molecule has 8 heteroatoms. The summed E-state index contributed by atoms with van der Waals surface area (Å²) < 4.78 is 5.33. The quantitative estimate of drug-likeness (QED) is 0.552. The van der Waals surface area contributed by atoms with Crippen LogP contribution in [-0.2, 0) is 9.53 Å². The third-order valence-electron chi connectivity index (χ3n) is 3.52.